The molecule has 0 saturated carbocycles. The van der Waals surface area contributed by atoms with E-state index >= 15 is 0 Å². The fourth-order valence-electron chi connectivity index (χ4n) is 2.44. The average Bonchev–Trinajstić information content (AvgIpc) is 2.92. The molecule has 0 radical (unpaired) electrons. The average molecular weight is 369 g/mol. The van der Waals surface area contributed by atoms with Gasteiger partial charge in [-0.05, 0) is 54.6 Å². The molecule has 0 bridgehead atoms. The van der Waals surface area contributed by atoms with Gasteiger partial charge < -0.3 is 9.47 Å². The van der Waals surface area contributed by atoms with Crippen LogP contribution in [0.25, 0.3) is 6.08 Å². The van der Waals surface area contributed by atoms with Gasteiger partial charge in [0.25, 0.3) is 11.1 Å². The first-order valence-electron chi connectivity index (χ1n) is 8.33. The summed E-state index contributed by atoms with van der Waals surface area (Å²) in [5.41, 5.74) is 0.847. The van der Waals surface area contributed by atoms with Crippen molar-refractivity contribution < 1.29 is 19.1 Å². The van der Waals surface area contributed by atoms with E-state index in [9.17, 15) is 9.59 Å². The van der Waals surface area contributed by atoms with Gasteiger partial charge in [0.1, 0.15) is 18.1 Å². The van der Waals surface area contributed by atoms with Gasteiger partial charge >= 0.3 is 0 Å². The second kappa shape index (κ2) is 8.58. The normalized spacial score (nSPS) is 15.6. The zero-order chi connectivity index (χ0) is 18.4. The van der Waals surface area contributed by atoms with Crippen LogP contribution in [0.3, 0.4) is 0 Å². The van der Waals surface area contributed by atoms with E-state index in [1.165, 1.54) is 4.90 Å². The van der Waals surface area contributed by atoms with E-state index in [1.807, 2.05) is 61.5 Å². The fourth-order valence-corrected chi connectivity index (χ4v) is 3.31. The second-order valence-electron chi connectivity index (χ2n) is 5.50. The predicted molar refractivity (Wildman–Crippen MR) is 102 cm³/mol. The lowest BCUT2D eigenvalue weighted by molar-refractivity contribution is -0.123. The van der Waals surface area contributed by atoms with Gasteiger partial charge in [0.15, 0.2) is 0 Å². The van der Waals surface area contributed by atoms with Crippen molar-refractivity contribution in [2.24, 2.45) is 0 Å². The van der Waals surface area contributed by atoms with Crippen LogP contribution in [0, 0.1) is 0 Å². The summed E-state index contributed by atoms with van der Waals surface area (Å²) in [6.07, 6.45) is 1.72. The molecular formula is C20H19NO4S. The SMILES string of the molecule is CCOc1ccc(/C=C2\SC(=O)N(CCOc3ccccc3)C2=O)cc1. The van der Waals surface area contributed by atoms with Crippen LogP contribution in [-0.2, 0) is 4.79 Å². The molecule has 1 saturated heterocycles. The van der Waals surface area contributed by atoms with Gasteiger partial charge in [0, 0.05) is 0 Å². The van der Waals surface area contributed by atoms with Crippen molar-refractivity contribution in [3.8, 4) is 11.5 Å². The summed E-state index contributed by atoms with van der Waals surface area (Å²) in [6, 6.07) is 16.7. The molecule has 26 heavy (non-hydrogen) atoms. The van der Waals surface area contributed by atoms with Crippen molar-refractivity contribution in [1.82, 2.24) is 4.90 Å². The maximum atomic E-state index is 12.5. The van der Waals surface area contributed by atoms with Crippen LogP contribution in [0.1, 0.15) is 12.5 Å². The third-order valence-corrected chi connectivity index (χ3v) is 4.60. The van der Waals surface area contributed by atoms with E-state index in [2.05, 4.69) is 0 Å². The minimum Gasteiger partial charge on any atom is -0.494 e. The quantitative estimate of drug-likeness (QED) is 0.685. The highest BCUT2D eigenvalue weighted by Crippen LogP contribution is 2.32. The third-order valence-electron chi connectivity index (χ3n) is 3.69. The Bertz CT molecular complexity index is 802. The van der Waals surface area contributed by atoms with Crippen LogP contribution >= 0.6 is 11.8 Å². The van der Waals surface area contributed by atoms with E-state index in [0.29, 0.717) is 17.3 Å². The lowest BCUT2D eigenvalue weighted by atomic mass is 10.2. The van der Waals surface area contributed by atoms with Crippen molar-refractivity contribution in [3.63, 3.8) is 0 Å². The maximum Gasteiger partial charge on any atom is 0.293 e. The van der Waals surface area contributed by atoms with E-state index in [0.717, 1.165) is 23.1 Å². The summed E-state index contributed by atoms with van der Waals surface area (Å²) in [6.45, 7) is 3.01. The number of ether oxygens (including phenoxy) is 2. The molecule has 0 spiro atoms. The molecule has 0 N–H and O–H groups in total. The molecule has 1 fully saturated rings. The summed E-state index contributed by atoms with van der Waals surface area (Å²) < 4.78 is 11.0. The molecule has 2 aromatic carbocycles. The first-order valence-corrected chi connectivity index (χ1v) is 9.15. The summed E-state index contributed by atoms with van der Waals surface area (Å²) in [5, 5.41) is -0.274. The van der Waals surface area contributed by atoms with Crippen molar-refractivity contribution in [3.05, 3.63) is 65.1 Å². The number of rotatable bonds is 7. The number of hydrogen-bond acceptors (Lipinski definition) is 5. The third kappa shape index (κ3) is 4.46. The highest BCUT2D eigenvalue weighted by Gasteiger charge is 2.34. The largest absolute Gasteiger partial charge is 0.494 e. The number of carbonyl (C=O) groups excluding carboxylic acids is 2. The summed E-state index contributed by atoms with van der Waals surface area (Å²) in [5.74, 6) is 1.20. The van der Waals surface area contributed by atoms with E-state index < -0.39 is 0 Å². The Morgan fingerprint density at radius 2 is 1.65 bits per heavy atom. The van der Waals surface area contributed by atoms with Crippen LogP contribution < -0.4 is 9.47 Å². The van der Waals surface area contributed by atoms with Crippen molar-refractivity contribution in [2.45, 2.75) is 6.92 Å². The van der Waals surface area contributed by atoms with Crippen LogP contribution in [0.5, 0.6) is 11.5 Å². The topological polar surface area (TPSA) is 55.8 Å². The lowest BCUT2D eigenvalue weighted by Crippen LogP contribution is -2.32. The summed E-state index contributed by atoms with van der Waals surface area (Å²) in [7, 11) is 0. The number of carbonyl (C=O) groups is 2. The highest BCUT2D eigenvalue weighted by molar-refractivity contribution is 8.18. The first kappa shape index (κ1) is 18.1. The Morgan fingerprint density at radius 3 is 2.35 bits per heavy atom. The summed E-state index contributed by atoms with van der Waals surface area (Å²) >= 11 is 0.949. The molecule has 3 rings (SSSR count). The van der Waals surface area contributed by atoms with Gasteiger partial charge in [-0.1, -0.05) is 30.3 Å². The molecule has 134 valence electrons. The molecule has 6 heteroatoms. The van der Waals surface area contributed by atoms with Crippen LogP contribution in [0.4, 0.5) is 4.79 Å². The predicted octanol–water partition coefficient (Wildman–Crippen LogP) is 4.20. The van der Waals surface area contributed by atoms with Gasteiger partial charge in [-0.3, -0.25) is 14.5 Å². The van der Waals surface area contributed by atoms with Crippen molar-refractivity contribution in [1.29, 1.82) is 0 Å². The van der Waals surface area contributed by atoms with Crippen LogP contribution in [-0.4, -0.2) is 35.8 Å². The Hall–Kier alpha value is -2.73. The minimum absolute atomic E-state index is 0.222. The number of thioether (sulfide) groups is 1. The highest BCUT2D eigenvalue weighted by atomic mass is 32.2. The number of para-hydroxylation sites is 1. The molecule has 0 unspecified atom stereocenters. The Morgan fingerprint density at radius 1 is 0.962 bits per heavy atom. The van der Waals surface area contributed by atoms with E-state index in [1.54, 1.807) is 6.08 Å². The maximum absolute atomic E-state index is 12.5. The number of nitrogens with zero attached hydrogens (tertiary/aromatic N) is 1. The first-order chi connectivity index (χ1) is 12.7. The fraction of sp³-hybridized carbons (Fsp3) is 0.200. The van der Waals surface area contributed by atoms with E-state index in [-0.39, 0.29) is 24.3 Å². The molecular weight excluding hydrogens is 350 g/mol. The zero-order valence-electron chi connectivity index (χ0n) is 14.4. The Kier molecular flexibility index (Phi) is 5.96. The lowest BCUT2D eigenvalue weighted by Gasteiger charge is -2.13. The standard InChI is InChI=1S/C20H19NO4S/c1-2-24-17-10-8-15(9-11-17)14-18-19(22)21(20(23)26-18)12-13-25-16-6-4-3-5-7-16/h3-11,14H,2,12-13H2,1H3/b18-14-. The molecule has 0 aliphatic carbocycles. The molecule has 2 aromatic rings. The van der Waals surface area contributed by atoms with Gasteiger partial charge in [-0.2, -0.15) is 0 Å². The molecule has 1 heterocycles. The number of hydrogen-bond donors (Lipinski definition) is 0. The smallest absolute Gasteiger partial charge is 0.293 e. The number of imide groups is 1. The monoisotopic (exact) mass is 369 g/mol. The van der Waals surface area contributed by atoms with Crippen LogP contribution in [0.15, 0.2) is 59.5 Å². The zero-order valence-corrected chi connectivity index (χ0v) is 15.2. The molecule has 2 amide bonds. The van der Waals surface area contributed by atoms with Gasteiger partial charge in [-0.25, -0.2) is 0 Å². The van der Waals surface area contributed by atoms with E-state index in [4.69, 9.17) is 9.47 Å². The van der Waals surface area contributed by atoms with Gasteiger partial charge in [-0.15, -0.1) is 0 Å². The molecule has 0 aromatic heterocycles. The number of benzene rings is 2. The minimum atomic E-state index is -0.287. The molecule has 0 atom stereocenters. The Labute approximate surface area is 156 Å². The number of amides is 2. The van der Waals surface area contributed by atoms with Crippen molar-refractivity contribution in [2.75, 3.05) is 19.8 Å². The van der Waals surface area contributed by atoms with Gasteiger partial charge in [0.2, 0.25) is 0 Å². The molecule has 1 aliphatic rings. The van der Waals surface area contributed by atoms with Crippen LogP contribution in [0.2, 0.25) is 0 Å². The molecule has 5 nitrogen and oxygen atoms in total. The Balaban J connectivity index is 1.60. The second-order valence-corrected chi connectivity index (χ2v) is 6.49. The van der Waals surface area contributed by atoms with Gasteiger partial charge in [0.05, 0.1) is 18.1 Å². The van der Waals surface area contributed by atoms with Crippen molar-refractivity contribution >= 4 is 29.0 Å². The summed E-state index contributed by atoms with van der Waals surface area (Å²) in [4.78, 5) is 26.2. The molecule has 1 aliphatic heterocycles.